The highest BCUT2D eigenvalue weighted by molar-refractivity contribution is 7.91. The van der Waals surface area contributed by atoms with Crippen LogP contribution < -0.4 is 24.8 Å². The minimum atomic E-state index is -4.93. The molecular formula is C41H51F4N5O9S. The summed E-state index contributed by atoms with van der Waals surface area (Å²) >= 11 is 0. The molecule has 7 rings (SSSR count). The number of allylic oxidation sites excluding steroid dienone is 1. The average molecular weight is 866 g/mol. The van der Waals surface area contributed by atoms with Crippen molar-refractivity contribution in [2.24, 2.45) is 17.8 Å². The lowest BCUT2D eigenvalue weighted by Gasteiger charge is -2.34. The number of hydrogen-bond acceptors (Lipinski definition) is 10. The number of fused-ring (bicyclic) bond motifs is 5. The van der Waals surface area contributed by atoms with Crippen LogP contribution in [0.15, 0.2) is 36.5 Å². The molecule has 2 saturated carbocycles. The van der Waals surface area contributed by atoms with Crippen LogP contribution in [0.1, 0.15) is 84.6 Å². The van der Waals surface area contributed by atoms with Gasteiger partial charge in [-0.05, 0) is 94.7 Å². The fourth-order valence-corrected chi connectivity index (χ4v) is 9.92. The molecule has 7 atom stereocenters. The first-order valence-corrected chi connectivity index (χ1v) is 21.9. The first kappa shape index (κ1) is 43.4. The number of aryl methyl sites for hydroxylation is 1. The fourth-order valence-electron chi connectivity index (χ4n) is 8.50. The van der Waals surface area contributed by atoms with Crippen LogP contribution in [0.3, 0.4) is 0 Å². The number of sulfonamides is 1. The van der Waals surface area contributed by atoms with E-state index >= 15 is 0 Å². The van der Waals surface area contributed by atoms with Gasteiger partial charge in [0, 0.05) is 29.3 Å². The Morgan fingerprint density at radius 2 is 1.85 bits per heavy atom. The van der Waals surface area contributed by atoms with Crippen LogP contribution in [-0.2, 0) is 35.6 Å². The van der Waals surface area contributed by atoms with Crippen LogP contribution in [0, 0.1) is 17.8 Å². The first-order chi connectivity index (χ1) is 28.2. The van der Waals surface area contributed by atoms with E-state index in [1.165, 1.54) is 0 Å². The molecular weight excluding hydrogens is 815 g/mol. The zero-order chi connectivity index (χ0) is 43.4. The number of alkyl halides is 4. The average Bonchev–Trinajstić information content (AvgIpc) is 4.09. The molecule has 0 spiro atoms. The van der Waals surface area contributed by atoms with Crippen molar-refractivity contribution in [1.29, 1.82) is 0 Å². The van der Waals surface area contributed by atoms with Gasteiger partial charge in [0.2, 0.25) is 33.3 Å². The number of benzene rings is 1. The molecule has 0 unspecified atom stereocenters. The third-order valence-electron chi connectivity index (χ3n) is 12.6. The van der Waals surface area contributed by atoms with Crippen molar-refractivity contribution in [3.63, 3.8) is 0 Å². The minimum absolute atomic E-state index is 0.0176. The second-order valence-electron chi connectivity index (χ2n) is 17.6. The molecule has 3 fully saturated rings. The standard InChI is InChI=1S/C41H51F4N5O9S/c1-23-8-5-6-10-26-20-40(26,36(53)49-60(55,56)39(22-42)14-15-39)48-33(51)30-19-27(58-34-29-12-11-25-9-7-17-57-32(25)28(29)13-16-46-34)21-50(30)35(52)31(24(2)18-23)47-37(54)59-38(3,4)41(43,44)45/h6,10-13,16,23-24,26-27,30-31H,5,7-9,14-15,17-22H2,1-4H3,(H,47,54)(H,48,51)(H,49,53)/b10-6-/t23-,24+,26+,27+,30-,31-,40+/m0/s1. The summed E-state index contributed by atoms with van der Waals surface area (Å²) in [7, 11) is -4.46. The third kappa shape index (κ3) is 8.34. The van der Waals surface area contributed by atoms with E-state index in [9.17, 15) is 45.2 Å². The highest BCUT2D eigenvalue weighted by Crippen LogP contribution is 2.48. The number of rotatable bonds is 8. The van der Waals surface area contributed by atoms with Crippen molar-refractivity contribution >= 4 is 44.6 Å². The molecule has 0 radical (unpaired) electrons. The SMILES string of the molecule is C[C@H]1CC/C=C\[C@@H]2C[C@@]2(C(=O)NS(=O)(=O)C2(CF)CC2)NC(=O)[C@@H]2C[C@@H](Oc3nccc4c5c(ccc34)CCCO5)CN2C(=O)[C@@H](NC(=O)OC(C)(C)C(F)(F)F)[C@H](C)C1. The number of nitrogens with zero attached hydrogens (tertiary/aromatic N) is 2. The molecule has 4 heterocycles. The van der Waals surface area contributed by atoms with Crippen LogP contribution in [0.4, 0.5) is 22.4 Å². The largest absolute Gasteiger partial charge is 0.493 e. The molecule has 3 N–H and O–H groups in total. The van der Waals surface area contributed by atoms with E-state index in [1.807, 2.05) is 29.9 Å². The predicted molar refractivity (Wildman–Crippen MR) is 209 cm³/mol. The van der Waals surface area contributed by atoms with E-state index in [-0.39, 0.29) is 44.0 Å². The summed E-state index contributed by atoms with van der Waals surface area (Å²) < 4.78 is 99.1. The number of hydrogen-bond donors (Lipinski definition) is 3. The van der Waals surface area contributed by atoms with Gasteiger partial charge in [-0.15, -0.1) is 0 Å². The number of nitrogens with one attached hydrogen (secondary N) is 3. The second-order valence-corrected chi connectivity index (χ2v) is 19.6. The maximum absolute atomic E-state index is 14.8. The number of pyridine rings is 1. The highest BCUT2D eigenvalue weighted by atomic mass is 32.2. The van der Waals surface area contributed by atoms with Crippen LogP contribution >= 0.6 is 0 Å². The summed E-state index contributed by atoms with van der Waals surface area (Å²) in [4.78, 5) is 62.1. The Bertz CT molecular complexity index is 2180. The summed E-state index contributed by atoms with van der Waals surface area (Å²) in [5, 5.41) is 6.47. The minimum Gasteiger partial charge on any atom is -0.493 e. The molecule has 1 saturated heterocycles. The monoisotopic (exact) mass is 865 g/mol. The molecule has 4 amide bonds. The third-order valence-corrected chi connectivity index (χ3v) is 14.7. The molecule has 60 heavy (non-hydrogen) atoms. The summed E-state index contributed by atoms with van der Waals surface area (Å²) in [5.74, 6) is -3.17. The quantitative estimate of drug-likeness (QED) is 0.236. The number of aromatic nitrogens is 1. The molecule has 2 aromatic rings. The van der Waals surface area contributed by atoms with Gasteiger partial charge >= 0.3 is 12.3 Å². The number of halogens is 4. The van der Waals surface area contributed by atoms with Crippen molar-refractivity contribution in [3.8, 4) is 11.6 Å². The zero-order valence-corrected chi connectivity index (χ0v) is 34.7. The van der Waals surface area contributed by atoms with E-state index in [0.717, 1.165) is 28.7 Å². The van der Waals surface area contributed by atoms with Gasteiger partial charge in [-0.25, -0.2) is 22.6 Å². The number of amides is 4. The maximum Gasteiger partial charge on any atom is 0.427 e. The second kappa shape index (κ2) is 16.0. The van der Waals surface area contributed by atoms with Crippen molar-refractivity contribution in [3.05, 3.63) is 42.1 Å². The van der Waals surface area contributed by atoms with E-state index in [4.69, 9.17) is 14.2 Å². The predicted octanol–water partition coefficient (Wildman–Crippen LogP) is 5.18. The fraction of sp³-hybridized carbons (Fsp3) is 0.634. The Balaban J connectivity index is 1.23. The smallest absolute Gasteiger partial charge is 0.427 e. The topological polar surface area (TPSA) is 182 Å². The number of carbonyl (C=O) groups is 4. The first-order valence-electron chi connectivity index (χ1n) is 20.4. The van der Waals surface area contributed by atoms with Gasteiger partial charge in [0.05, 0.1) is 13.2 Å². The van der Waals surface area contributed by atoms with Crippen LogP contribution in [0.2, 0.25) is 0 Å². The van der Waals surface area contributed by atoms with Gasteiger partial charge in [0.1, 0.15) is 40.9 Å². The summed E-state index contributed by atoms with van der Waals surface area (Å²) in [6, 6.07) is 2.72. The Hall–Kier alpha value is -4.68. The lowest BCUT2D eigenvalue weighted by Crippen LogP contribution is -2.60. The maximum atomic E-state index is 14.8. The molecule has 328 valence electrons. The molecule has 1 aromatic carbocycles. The highest BCUT2D eigenvalue weighted by Gasteiger charge is 2.64. The van der Waals surface area contributed by atoms with Crippen LogP contribution in [0.5, 0.6) is 11.6 Å². The van der Waals surface area contributed by atoms with E-state index in [1.54, 1.807) is 25.3 Å². The molecule has 14 nitrogen and oxygen atoms in total. The lowest BCUT2D eigenvalue weighted by atomic mass is 9.88. The van der Waals surface area contributed by atoms with E-state index in [2.05, 4.69) is 15.6 Å². The normalized spacial score (nSPS) is 29.9. The summed E-state index contributed by atoms with van der Waals surface area (Å²) in [6.07, 6.45) is 0.800. The van der Waals surface area contributed by atoms with Crippen molar-refractivity contribution in [1.82, 2.24) is 25.2 Å². The summed E-state index contributed by atoms with van der Waals surface area (Å²) in [5.41, 5.74) is -3.64. The number of carbonyl (C=O) groups excluding carboxylic acids is 4. The van der Waals surface area contributed by atoms with Gasteiger partial charge < -0.3 is 29.7 Å². The summed E-state index contributed by atoms with van der Waals surface area (Å²) in [6.45, 7) is 4.06. The Kier molecular flexibility index (Phi) is 11.6. The van der Waals surface area contributed by atoms with Crippen molar-refractivity contribution < 1.29 is 59.4 Å². The van der Waals surface area contributed by atoms with Crippen molar-refractivity contribution in [2.45, 2.75) is 126 Å². The Labute approximate surface area is 345 Å². The van der Waals surface area contributed by atoms with Gasteiger partial charge in [-0.3, -0.25) is 19.1 Å². The Morgan fingerprint density at radius 1 is 1.10 bits per heavy atom. The molecule has 2 aliphatic carbocycles. The molecule has 19 heteroatoms. The molecule has 3 aliphatic heterocycles. The van der Waals surface area contributed by atoms with Crippen LogP contribution in [-0.4, -0.2) is 102 Å². The van der Waals surface area contributed by atoms with Gasteiger partial charge in [-0.2, -0.15) is 13.2 Å². The van der Waals surface area contributed by atoms with E-state index in [0.29, 0.717) is 50.9 Å². The van der Waals surface area contributed by atoms with Crippen LogP contribution in [0.25, 0.3) is 10.8 Å². The van der Waals surface area contributed by atoms with Crippen molar-refractivity contribution in [2.75, 3.05) is 19.8 Å². The van der Waals surface area contributed by atoms with E-state index < -0.39 is 92.6 Å². The molecule has 1 aromatic heterocycles. The molecule has 5 aliphatic rings. The number of ether oxygens (including phenoxy) is 3. The molecule has 0 bridgehead atoms. The lowest BCUT2D eigenvalue weighted by molar-refractivity contribution is -0.244. The van der Waals surface area contributed by atoms with Gasteiger partial charge in [0.25, 0.3) is 5.91 Å². The van der Waals surface area contributed by atoms with Gasteiger partial charge in [0.15, 0.2) is 0 Å². The Morgan fingerprint density at radius 3 is 2.55 bits per heavy atom. The van der Waals surface area contributed by atoms with Gasteiger partial charge in [-0.1, -0.05) is 32.1 Å². The zero-order valence-electron chi connectivity index (χ0n) is 33.9. The number of alkyl carbamates (subject to hydrolysis) is 1.